The van der Waals surface area contributed by atoms with Crippen LogP contribution in [0.4, 0.5) is 15.8 Å². The second-order valence-electron chi connectivity index (χ2n) is 7.27. The highest BCUT2D eigenvalue weighted by Gasteiger charge is 2.37. The Morgan fingerprint density at radius 1 is 1.17 bits per heavy atom. The first-order valence-corrected chi connectivity index (χ1v) is 11.3. The van der Waals surface area contributed by atoms with Crippen LogP contribution < -0.4 is 21.7 Å². The topological polar surface area (TPSA) is 178 Å². The van der Waals surface area contributed by atoms with Crippen molar-refractivity contribution in [3.05, 3.63) is 70.5 Å². The van der Waals surface area contributed by atoms with Crippen LogP contribution in [0.1, 0.15) is 38.7 Å². The summed E-state index contributed by atoms with van der Waals surface area (Å²) in [6.07, 6.45) is 0. The number of anilines is 2. The molecule has 36 heavy (non-hydrogen) atoms. The molecular formula is C23H22FN5O6S. The smallest absolute Gasteiger partial charge is 0.325 e. The van der Waals surface area contributed by atoms with Gasteiger partial charge in [-0.1, -0.05) is 18.2 Å². The van der Waals surface area contributed by atoms with Gasteiger partial charge in [0.1, 0.15) is 29.0 Å². The second kappa shape index (κ2) is 11.3. The van der Waals surface area contributed by atoms with Gasteiger partial charge in [0.05, 0.1) is 12.3 Å². The Labute approximate surface area is 208 Å². The number of esters is 1. The molecule has 1 unspecified atom stereocenters. The van der Waals surface area contributed by atoms with Crippen LogP contribution in [-0.2, 0) is 14.3 Å². The summed E-state index contributed by atoms with van der Waals surface area (Å²) in [5.41, 5.74) is 10.6. The Hall–Kier alpha value is -4.52. The number of para-hydroxylation sites is 1. The van der Waals surface area contributed by atoms with Crippen LogP contribution in [-0.4, -0.2) is 46.3 Å². The van der Waals surface area contributed by atoms with E-state index in [2.05, 4.69) is 9.69 Å². The number of nitrogen functional groups attached to an aromatic ring is 1. The molecule has 188 valence electrons. The third-order valence-electron chi connectivity index (χ3n) is 4.93. The van der Waals surface area contributed by atoms with Crippen LogP contribution in [0.3, 0.4) is 0 Å². The lowest BCUT2D eigenvalue weighted by Gasteiger charge is -2.31. The number of phenols is 1. The molecule has 0 saturated carbocycles. The number of aromatic hydroxyl groups is 1. The fraction of sp³-hybridized carbons (Fsp3) is 0.174. The number of benzene rings is 2. The fourth-order valence-corrected chi connectivity index (χ4v) is 4.05. The molecule has 0 aliphatic carbocycles. The molecule has 2 aromatic carbocycles. The molecule has 11 nitrogen and oxygen atoms in total. The highest BCUT2D eigenvalue weighted by Crippen LogP contribution is 2.36. The monoisotopic (exact) mass is 515 g/mol. The molecule has 1 heterocycles. The van der Waals surface area contributed by atoms with Gasteiger partial charge in [-0.05, 0) is 48.8 Å². The molecule has 3 aromatic rings. The first kappa shape index (κ1) is 26.1. The normalized spacial score (nSPS) is 11.4. The van der Waals surface area contributed by atoms with Crippen molar-refractivity contribution in [1.82, 2.24) is 9.69 Å². The van der Waals surface area contributed by atoms with E-state index in [1.165, 1.54) is 36.4 Å². The van der Waals surface area contributed by atoms with Crippen molar-refractivity contribution in [2.24, 2.45) is 5.73 Å². The molecule has 1 aromatic heterocycles. The van der Waals surface area contributed by atoms with Crippen molar-refractivity contribution >= 4 is 46.6 Å². The maximum absolute atomic E-state index is 13.8. The highest BCUT2D eigenvalue weighted by atomic mass is 32.1. The average molecular weight is 516 g/mol. The van der Waals surface area contributed by atoms with Crippen LogP contribution in [0.5, 0.6) is 5.75 Å². The van der Waals surface area contributed by atoms with Crippen molar-refractivity contribution in [1.29, 1.82) is 0 Å². The zero-order valence-electron chi connectivity index (χ0n) is 18.9. The highest BCUT2D eigenvalue weighted by molar-refractivity contribution is 7.09. The summed E-state index contributed by atoms with van der Waals surface area (Å²) in [4.78, 5) is 51.4. The molecule has 0 radical (unpaired) electrons. The van der Waals surface area contributed by atoms with Crippen molar-refractivity contribution < 1.29 is 33.4 Å². The lowest BCUT2D eigenvalue weighted by Crippen LogP contribution is -2.45. The van der Waals surface area contributed by atoms with Gasteiger partial charge in [0.25, 0.3) is 11.8 Å². The summed E-state index contributed by atoms with van der Waals surface area (Å²) in [5, 5.41) is 12.9. The van der Waals surface area contributed by atoms with Gasteiger partial charge < -0.3 is 26.6 Å². The minimum Gasteiger partial charge on any atom is -0.508 e. The minimum atomic E-state index is -1.56. The molecule has 1 atom stereocenters. The Bertz CT molecular complexity index is 1300. The third-order valence-corrected chi connectivity index (χ3v) is 5.78. The summed E-state index contributed by atoms with van der Waals surface area (Å²) in [6, 6.07) is 8.81. The predicted octanol–water partition coefficient (Wildman–Crippen LogP) is 1.74. The van der Waals surface area contributed by atoms with E-state index in [-0.39, 0.29) is 39.9 Å². The number of hydrogen-bond donors (Lipinski definition) is 4. The number of amides is 3. The van der Waals surface area contributed by atoms with Crippen LogP contribution in [0.2, 0.25) is 0 Å². The number of aromatic nitrogens is 1. The van der Waals surface area contributed by atoms with Crippen molar-refractivity contribution in [2.75, 3.05) is 23.8 Å². The van der Waals surface area contributed by atoms with Gasteiger partial charge in [0, 0.05) is 11.3 Å². The minimum absolute atomic E-state index is 0.00487. The number of rotatable bonds is 9. The number of carbonyl (C=O) groups is 4. The van der Waals surface area contributed by atoms with Crippen molar-refractivity contribution in [3.63, 3.8) is 0 Å². The Balaban J connectivity index is 2.17. The predicted molar refractivity (Wildman–Crippen MR) is 129 cm³/mol. The number of carbonyl (C=O) groups excluding carboxylic acids is 4. The molecule has 0 fully saturated rings. The van der Waals surface area contributed by atoms with Gasteiger partial charge in [-0.25, -0.2) is 4.39 Å². The number of ether oxygens (including phenoxy) is 1. The van der Waals surface area contributed by atoms with Crippen molar-refractivity contribution in [2.45, 2.75) is 13.0 Å². The zero-order chi connectivity index (χ0) is 26.4. The summed E-state index contributed by atoms with van der Waals surface area (Å²) >= 11 is 0.583. The Morgan fingerprint density at radius 2 is 1.83 bits per heavy atom. The summed E-state index contributed by atoms with van der Waals surface area (Å²) in [7, 11) is 0. The molecule has 6 N–H and O–H groups in total. The van der Waals surface area contributed by atoms with E-state index in [0.29, 0.717) is 11.5 Å². The van der Waals surface area contributed by atoms with E-state index in [0.717, 1.165) is 17.0 Å². The SMILES string of the molecule is CCOC(=O)CNC(=O)C(c1ccccc1O)N(C(=O)c1snc(C(N)=O)c1N)c1ccc(F)cc1. The van der Waals surface area contributed by atoms with E-state index in [1.54, 1.807) is 6.92 Å². The standard InChI is InChI=1S/C23H22FN5O6S/c1-2-35-16(31)11-27-22(33)19(14-5-3-4-6-15(14)30)29(13-9-7-12(24)8-10-13)23(34)20-17(25)18(21(26)32)28-36-20/h3-10,19,30H,2,11,25H2,1H3,(H2,26,32)(H,27,33). The number of halogens is 1. The first-order valence-electron chi connectivity index (χ1n) is 10.5. The molecule has 0 bridgehead atoms. The maximum atomic E-state index is 13.8. The van der Waals surface area contributed by atoms with Gasteiger partial charge in [0.15, 0.2) is 5.69 Å². The van der Waals surface area contributed by atoms with E-state index in [9.17, 15) is 28.7 Å². The number of nitrogens with two attached hydrogens (primary N) is 2. The molecule has 3 rings (SSSR count). The number of nitrogens with one attached hydrogen (secondary N) is 1. The number of nitrogens with zero attached hydrogens (tertiary/aromatic N) is 2. The van der Waals surface area contributed by atoms with E-state index in [1.807, 2.05) is 0 Å². The first-order chi connectivity index (χ1) is 17.1. The number of primary amides is 1. The molecule has 0 aliphatic rings. The molecule has 0 spiro atoms. The molecular weight excluding hydrogens is 493 g/mol. The average Bonchev–Trinajstić information content (AvgIpc) is 3.24. The molecule has 0 saturated heterocycles. The van der Waals surface area contributed by atoms with Gasteiger partial charge in [0.2, 0.25) is 5.91 Å². The fourth-order valence-electron chi connectivity index (χ4n) is 3.31. The summed E-state index contributed by atoms with van der Waals surface area (Å²) in [5.74, 6) is -4.36. The van der Waals surface area contributed by atoms with Crippen LogP contribution in [0.25, 0.3) is 0 Å². The lowest BCUT2D eigenvalue weighted by molar-refractivity contribution is -0.143. The number of phenolic OH excluding ortho intramolecular Hbond substituents is 1. The van der Waals surface area contributed by atoms with E-state index < -0.39 is 42.1 Å². The Morgan fingerprint density at radius 3 is 2.42 bits per heavy atom. The van der Waals surface area contributed by atoms with Gasteiger partial charge >= 0.3 is 5.97 Å². The van der Waals surface area contributed by atoms with Gasteiger partial charge in [-0.15, -0.1) is 0 Å². The van der Waals surface area contributed by atoms with Gasteiger partial charge in [-0.3, -0.25) is 24.1 Å². The van der Waals surface area contributed by atoms with Crippen molar-refractivity contribution in [3.8, 4) is 5.75 Å². The van der Waals surface area contributed by atoms with Gasteiger partial charge in [-0.2, -0.15) is 4.37 Å². The summed E-state index contributed by atoms with van der Waals surface area (Å²) < 4.78 is 22.4. The van der Waals surface area contributed by atoms with E-state index in [4.69, 9.17) is 16.2 Å². The van der Waals surface area contributed by atoms with E-state index >= 15 is 0 Å². The summed E-state index contributed by atoms with van der Waals surface area (Å²) in [6.45, 7) is 1.17. The quantitative estimate of drug-likeness (QED) is 0.311. The van der Waals surface area contributed by atoms with Crippen LogP contribution in [0, 0.1) is 5.82 Å². The molecule has 13 heteroatoms. The zero-order valence-corrected chi connectivity index (χ0v) is 19.8. The largest absolute Gasteiger partial charge is 0.508 e. The number of hydrogen-bond acceptors (Lipinski definition) is 9. The molecule has 0 aliphatic heterocycles. The van der Waals surface area contributed by atoms with Crippen LogP contribution >= 0.6 is 11.5 Å². The third kappa shape index (κ3) is 5.58. The second-order valence-corrected chi connectivity index (χ2v) is 8.05. The maximum Gasteiger partial charge on any atom is 0.325 e. The Kier molecular flexibility index (Phi) is 8.17. The lowest BCUT2D eigenvalue weighted by atomic mass is 10.0. The van der Waals surface area contributed by atoms with Crippen LogP contribution in [0.15, 0.2) is 48.5 Å². The molecule has 3 amide bonds.